The van der Waals surface area contributed by atoms with Crippen LogP contribution in [0.4, 0.5) is 11.5 Å². The van der Waals surface area contributed by atoms with Gasteiger partial charge in [0.15, 0.2) is 0 Å². The lowest BCUT2D eigenvalue weighted by Crippen LogP contribution is -2.39. The van der Waals surface area contributed by atoms with E-state index in [0.717, 1.165) is 30.3 Å². The minimum Gasteiger partial charge on any atom is -0.387 e. The lowest BCUT2D eigenvalue weighted by molar-refractivity contribution is 0.0367. The molecule has 0 bridgehead atoms. The van der Waals surface area contributed by atoms with Gasteiger partial charge in [-0.15, -0.1) is 0 Å². The Morgan fingerprint density at radius 1 is 1.25 bits per heavy atom. The molecule has 0 radical (unpaired) electrons. The summed E-state index contributed by atoms with van der Waals surface area (Å²) in [6.07, 6.45) is 6.95. The Balaban J connectivity index is 1.74. The maximum atomic E-state index is 5.82. The van der Waals surface area contributed by atoms with Crippen LogP contribution in [0.25, 0.3) is 0 Å². The highest BCUT2D eigenvalue weighted by Gasteiger charge is 2.23. The quantitative estimate of drug-likeness (QED) is 0.912. The number of aromatic nitrogens is 3. The molecule has 1 atom stereocenters. The van der Waals surface area contributed by atoms with Crippen molar-refractivity contribution >= 4 is 11.5 Å². The molecule has 1 saturated heterocycles. The highest BCUT2D eigenvalue weighted by molar-refractivity contribution is 5.41. The molecular weight excluding hydrogens is 254 g/mol. The Hall–Kier alpha value is -2.21. The van der Waals surface area contributed by atoms with Crippen molar-refractivity contribution in [3.63, 3.8) is 0 Å². The van der Waals surface area contributed by atoms with Crippen LogP contribution >= 0.6 is 0 Å². The van der Waals surface area contributed by atoms with Crippen LogP contribution < -0.4 is 10.2 Å². The second-order valence-electron chi connectivity index (χ2n) is 4.59. The van der Waals surface area contributed by atoms with Crippen LogP contribution in [-0.4, -0.2) is 41.7 Å². The minimum absolute atomic E-state index is 0.0309. The van der Waals surface area contributed by atoms with Gasteiger partial charge in [-0.2, -0.15) is 0 Å². The van der Waals surface area contributed by atoms with Gasteiger partial charge in [-0.3, -0.25) is 9.97 Å². The van der Waals surface area contributed by atoms with Crippen LogP contribution in [0.2, 0.25) is 0 Å². The van der Waals surface area contributed by atoms with Crippen molar-refractivity contribution in [2.75, 3.05) is 37.0 Å². The number of rotatable bonds is 3. The Bertz CT molecular complexity index is 545. The van der Waals surface area contributed by atoms with Gasteiger partial charge in [0.05, 0.1) is 36.9 Å². The molecule has 3 rings (SSSR count). The van der Waals surface area contributed by atoms with Gasteiger partial charge in [0.2, 0.25) is 0 Å². The first kappa shape index (κ1) is 12.8. The third kappa shape index (κ3) is 2.70. The van der Waals surface area contributed by atoms with E-state index in [2.05, 4.69) is 25.2 Å². The van der Waals surface area contributed by atoms with E-state index in [0.29, 0.717) is 6.61 Å². The normalized spacial score (nSPS) is 18.9. The number of nitrogens with zero attached hydrogens (tertiary/aromatic N) is 4. The second-order valence-corrected chi connectivity index (χ2v) is 4.59. The SMILES string of the molecule is CNc1ccc([C@H]2CN(c3cnccn3)CCO2)nc1. The summed E-state index contributed by atoms with van der Waals surface area (Å²) in [5.41, 5.74) is 1.94. The minimum atomic E-state index is -0.0309. The molecule has 6 heteroatoms. The molecule has 6 nitrogen and oxygen atoms in total. The maximum absolute atomic E-state index is 5.82. The molecule has 0 saturated carbocycles. The highest BCUT2D eigenvalue weighted by atomic mass is 16.5. The van der Waals surface area contributed by atoms with E-state index < -0.39 is 0 Å². The molecule has 0 aromatic carbocycles. The van der Waals surface area contributed by atoms with E-state index in [-0.39, 0.29) is 6.10 Å². The highest BCUT2D eigenvalue weighted by Crippen LogP contribution is 2.23. The van der Waals surface area contributed by atoms with Gasteiger partial charge in [0.25, 0.3) is 0 Å². The number of hydrogen-bond acceptors (Lipinski definition) is 6. The number of ether oxygens (including phenoxy) is 1. The zero-order valence-electron chi connectivity index (χ0n) is 11.4. The molecule has 2 aromatic rings. The summed E-state index contributed by atoms with van der Waals surface area (Å²) in [5.74, 6) is 0.882. The third-order valence-electron chi connectivity index (χ3n) is 3.34. The fraction of sp³-hybridized carbons (Fsp3) is 0.357. The van der Waals surface area contributed by atoms with Crippen molar-refractivity contribution in [2.24, 2.45) is 0 Å². The fourth-order valence-electron chi connectivity index (χ4n) is 2.23. The summed E-state index contributed by atoms with van der Waals surface area (Å²) in [5, 5.41) is 3.06. The van der Waals surface area contributed by atoms with E-state index >= 15 is 0 Å². The van der Waals surface area contributed by atoms with E-state index in [9.17, 15) is 0 Å². The first-order valence-corrected chi connectivity index (χ1v) is 6.63. The maximum Gasteiger partial charge on any atom is 0.147 e. The lowest BCUT2D eigenvalue weighted by Gasteiger charge is -2.33. The molecular formula is C14H17N5O. The zero-order valence-corrected chi connectivity index (χ0v) is 11.4. The third-order valence-corrected chi connectivity index (χ3v) is 3.34. The Labute approximate surface area is 117 Å². The summed E-state index contributed by atoms with van der Waals surface area (Å²) < 4.78 is 5.82. The first-order chi connectivity index (χ1) is 9.86. The molecule has 3 heterocycles. The molecule has 0 amide bonds. The molecule has 2 aromatic heterocycles. The molecule has 0 unspecified atom stereocenters. The molecule has 1 N–H and O–H groups in total. The topological polar surface area (TPSA) is 63.2 Å². The van der Waals surface area contributed by atoms with Crippen LogP contribution in [-0.2, 0) is 4.74 Å². The largest absolute Gasteiger partial charge is 0.387 e. The van der Waals surface area contributed by atoms with Crippen molar-refractivity contribution < 1.29 is 4.74 Å². The van der Waals surface area contributed by atoms with E-state index in [4.69, 9.17) is 4.74 Å². The number of nitrogens with one attached hydrogen (secondary N) is 1. The van der Waals surface area contributed by atoms with Gasteiger partial charge in [-0.05, 0) is 12.1 Å². The van der Waals surface area contributed by atoms with Crippen molar-refractivity contribution in [1.82, 2.24) is 15.0 Å². The second kappa shape index (κ2) is 5.83. The van der Waals surface area contributed by atoms with E-state index in [1.807, 2.05) is 25.4 Å². The van der Waals surface area contributed by atoms with Crippen molar-refractivity contribution in [3.05, 3.63) is 42.6 Å². The standard InChI is InChI=1S/C14H17N5O/c1-15-11-2-3-12(18-8-11)13-10-19(6-7-20-13)14-9-16-4-5-17-14/h2-5,8-9,13,15H,6-7,10H2,1H3/t13-/m1/s1. The van der Waals surface area contributed by atoms with Crippen LogP contribution in [0.1, 0.15) is 11.8 Å². The predicted octanol–water partition coefficient (Wildman–Crippen LogP) is 1.49. The van der Waals surface area contributed by atoms with Crippen LogP contribution in [0, 0.1) is 0 Å². The number of morpholine rings is 1. The number of anilines is 2. The first-order valence-electron chi connectivity index (χ1n) is 6.63. The average Bonchev–Trinajstić information content (AvgIpc) is 2.56. The van der Waals surface area contributed by atoms with Crippen LogP contribution in [0.15, 0.2) is 36.9 Å². The van der Waals surface area contributed by atoms with Gasteiger partial charge in [-0.25, -0.2) is 4.98 Å². The molecule has 0 spiro atoms. The summed E-state index contributed by atoms with van der Waals surface area (Å²) in [4.78, 5) is 15.1. The molecule has 1 fully saturated rings. The molecule has 0 aliphatic carbocycles. The Kier molecular flexibility index (Phi) is 3.73. The van der Waals surface area contributed by atoms with Gasteiger partial charge >= 0.3 is 0 Å². The summed E-state index contributed by atoms with van der Waals surface area (Å²) in [6.45, 7) is 2.23. The van der Waals surface area contributed by atoms with Crippen molar-refractivity contribution in [3.8, 4) is 0 Å². The molecule has 20 heavy (non-hydrogen) atoms. The Morgan fingerprint density at radius 2 is 2.20 bits per heavy atom. The lowest BCUT2D eigenvalue weighted by atomic mass is 10.2. The fourth-order valence-corrected chi connectivity index (χ4v) is 2.23. The van der Waals surface area contributed by atoms with E-state index in [1.54, 1.807) is 18.6 Å². The van der Waals surface area contributed by atoms with Crippen LogP contribution in [0.5, 0.6) is 0 Å². The van der Waals surface area contributed by atoms with Crippen molar-refractivity contribution in [2.45, 2.75) is 6.10 Å². The van der Waals surface area contributed by atoms with Gasteiger partial charge < -0.3 is 15.0 Å². The van der Waals surface area contributed by atoms with Gasteiger partial charge in [0, 0.05) is 26.0 Å². The summed E-state index contributed by atoms with van der Waals surface area (Å²) in [7, 11) is 1.88. The monoisotopic (exact) mass is 271 g/mol. The molecule has 1 aliphatic rings. The van der Waals surface area contributed by atoms with Gasteiger partial charge in [-0.1, -0.05) is 0 Å². The van der Waals surface area contributed by atoms with Crippen molar-refractivity contribution in [1.29, 1.82) is 0 Å². The zero-order chi connectivity index (χ0) is 13.8. The van der Waals surface area contributed by atoms with Crippen LogP contribution in [0.3, 0.4) is 0 Å². The smallest absolute Gasteiger partial charge is 0.147 e. The number of pyridine rings is 1. The molecule has 104 valence electrons. The van der Waals surface area contributed by atoms with E-state index in [1.165, 1.54) is 0 Å². The Morgan fingerprint density at radius 3 is 2.90 bits per heavy atom. The summed E-state index contributed by atoms with van der Waals surface area (Å²) >= 11 is 0. The molecule has 1 aliphatic heterocycles. The summed E-state index contributed by atoms with van der Waals surface area (Å²) in [6, 6.07) is 4.00. The predicted molar refractivity (Wildman–Crippen MR) is 76.7 cm³/mol. The number of hydrogen-bond donors (Lipinski definition) is 1. The average molecular weight is 271 g/mol. The van der Waals surface area contributed by atoms with Gasteiger partial charge in [0.1, 0.15) is 11.9 Å².